The van der Waals surface area contributed by atoms with E-state index in [0.717, 1.165) is 31.2 Å². The van der Waals surface area contributed by atoms with Crippen molar-refractivity contribution in [2.75, 3.05) is 10.6 Å². The van der Waals surface area contributed by atoms with Crippen LogP contribution < -0.4 is 16.4 Å². The van der Waals surface area contributed by atoms with Crippen LogP contribution in [0.15, 0.2) is 54.6 Å². The Balaban J connectivity index is 1.56. The van der Waals surface area contributed by atoms with E-state index in [1.54, 1.807) is 12.1 Å². The lowest BCUT2D eigenvalue weighted by Gasteiger charge is -2.21. The zero-order valence-electron chi connectivity index (χ0n) is 15.5. The SMILES string of the molecule is N[C@@H](Cc1ccccc1)C(=O)Nc1cccc(NC(=O)C2CCCCC2)c1. The number of nitrogens with two attached hydrogens (primary N) is 1. The van der Waals surface area contributed by atoms with Gasteiger partial charge >= 0.3 is 0 Å². The monoisotopic (exact) mass is 365 g/mol. The highest BCUT2D eigenvalue weighted by Crippen LogP contribution is 2.25. The van der Waals surface area contributed by atoms with Crippen molar-refractivity contribution in [3.8, 4) is 0 Å². The summed E-state index contributed by atoms with van der Waals surface area (Å²) in [5.41, 5.74) is 8.38. The molecule has 27 heavy (non-hydrogen) atoms. The van der Waals surface area contributed by atoms with Gasteiger partial charge in [-0.05, 0) is 43.0 Å². The maximum absolute atomic E-state index is 12.4. The summed E-state index contributed by atoms with van der Waals surface area (Å²) in [7, 11) is 0. The minimum atomic E-state index is -0.632. The number of benzene rings is 2. The topological polar surface area (TPSA) is 84.2 Å². The van der Waals surface area contributed by atoms with Gasteiger partial charge in [0.25, 0.3) is 0 Å². The highest BCUT2D eigenvalue weighted by molar-refractivity contribution is 5.97. The highest BCUT2D eigenvalue weighted by Gasteiger charge is 2.21. The maximum atomic E-state index is 12.4. The lowest BCUT2D eigenvalue weighted by atomic mass is 9.88. The number of anilines is 2. The molecule has 1 fully saturated rings. The van der Waals surface area contributed by atoms with Gasteiger partial charge in [0.1, 0.15) is 0 Å². The molecule has 0 heterocycles. The molecule has 4 N–H and O–H groups in total. The molecule has 3 rings (SSSR count). The Morgan fingerprint density at radius 1 is 0.926 bits per heavy atom. The smallest absolute Gasteiger partial charge is 0.241 e. The first-order valence-corrected chi connectivity index (χ1v) is 9.63. The Bertz CT molecular complexity index is 770. The molecular formula is C22H27N3O2. The van der Waals surface area contributed by atoms with Crippen molar-refractivity contribution in [2.45, 2.75) is 44.6 Å². The normalized spacial score (nSPS) is 15.7. The highest BCUT2D eigenvalue weighted by atomic mass is 16.2. The van der Waals surface area contributed by atoms with Gasteiger partial charge in [-0.3, -0.25) is 9.59 Å². The zero-order chi connectivity index (χ0) is 19.1. The van der Waals surface area contributed by atoms with E-state index in [-0.39, 0.29) is 17.7 Å². The van der Waals surface area contributed by atoms with Crippen LogP contribution in [-0.4, -0.2) is 17.9 Å². The number of nitrogens with one attached hydrogen (secondary N) is 2. The molecule has 0 spiro atoms. The van der Waals surface area contributed by atoms with Gasteiger partial charge < -0.3 is 16.4 Å². The lowest BCUT2D eigenvalue weighted by Crippen LogP contribution is -2.37. The van der Waals surface area contributed by atoms with Crippen LogP contribution in [0.2, 0.25) is 0 Å². The van der Waals surface area contributed by atoms with E-state index in [1.165, 1.54) is 6.42 Å². The third-order valence-electron chi connectivity index (χ3n) is 5.01. The average Bonchev–Trinajstić information content (AvgIpc) is 2.69. The van der Waals surface area contributed by atoms with Crippen molar-refractivity contribution in [3.05, 3.63) is 60.2 Å². The van der Waals surface area contributed by atoms with Gasteiger partial charge in [0, 0.05) is 17.3 Å². The Hall–Kier alpha value is -2.66. The number of carbonyl (C=O) groups is 2. The first-order chi connectivity index (χ1) is 13.1. The molecular weight excluding hydrogens is 338 g/mol. The Morgan fingerprint density at radius 3 is 2.30 bits per heavy atom. The van der Waals surface area contributed by atoms with Crippen molar-refractivity contribution in [2.24, 2.45) is 11.7 Å². The van der Waals surface area contributed by atoms with E-state index < -0.39 is 6.04 Å². The summed E-state index contributed by atoms with van der Waals surface area (Å²) < 4.78 is 0. The number of rotatable bonds is 6. The molecule has 5 nitrogen and oxygen atoms in total. The number of carbonyl (C=O) groups excluding carboxylic acids is 2. The maximum Gasteiger partial charge on any atom is 0.241 e. The van der Waals surface area contributed by atoms with Crippen LogP contribution in [0.3, 0.4) is 0 Å². The molecule has 0 saturated heterocycles. The van der Waals surface area contributed by atoms with Crippen molar-refractivity contribution in [1.29, 1.82) is 0 Å². The Labute approximate surface area is 160 Å². The molecule has 1 atom stereocenters. The van der Waals surface area contributed by atoms with Crippen LogP contribution in [-0.2, 0) is 16.0 Å². The molecule has 0 radical (unpaired) electrons. The fourth-order valence-electron chi connectivity index (χ4n) is 3.48. The van der Waals surface area contributed by atoms with Crippen molar-refractivity contribution < 1.29 is 9.59 Å². The van der Waals surface area contributed by atoms with Gasteiger partial charge in [0.05, 0.1) is 6.04 Å². The van der Waals surface area contributed by atoms with Crippen LogP contribution >= 0.6 is 0 Å². The van der Waals surface area contributed by atoms with Gasteiger partial charge in [-0.2, -0.15) is 0 Å². The predicted molar refractivity (Wildman–Crippen MR) is 108 cm³/mol. The van der Waals surface area contributed by atoms with Crippen LogP contribution in [0.5, 0.6) is 0 Å². The van der Waals surface area contributed by atoms with E-state index in [9.17, 15) is 9.59 Å². The molecule has 1 aliphatic rings. The molecule has 0 bridgehead atoms. The summed E-state index contributed by atoms with van der Waals surface area (Å²) in [5.74, 6) is -0.0788. The third kappa shape index (κ3) is 5.66. The van der Waals surface area contributed by atoms with E-state index in [4.69, 9.17) is 5.73 Å². The second kappa shape index (κ2) is 9.33. The zero-order valence-corrected chi connectivity index (χ0v) is 15.5. The minimum absolute atomic E-state index is 0.0685. The standard InChI is InChI=1S/C22H27N3O2/c23-20(14-16-8-3-1-4-9-16)22(27)25-19-13-7-12-18(15-19)24-21(26)17-10-5-2-6-11-17/h1,3-4,7-9,12-13,15,17,20H,2,5-6,10-11,14,23H2,(H,24,26)(H,25,27)/t20-/m0/s1. The van der Waals surface area contributed by atoms with E-state index >= 15 is 0 Å². The molecule has 1 saturated carbocycles. The third-order valence-corrected chi connectivity index (χ3v) is 5.01. The van der Waals surface area contributed by atoms with Crippen molar-refractivity contribution in [1.82, 2.24) is 0 Å². The van der Waals surface area contributed by atoms with Gasteiger partial charge in [0.15, 0.2) is 0 Å². The molecule has 5 heteroatoms. The van der Waals surface area contributed by atoms with Gasteiger partial charge in [-0.1, -0.05) is 55.7 Å². The molecule has 2 aromatic carbocycles. The summed E-state index contributed by atoms with van der Waals surface area (Å²) in [6.45, 7) is 0. The van der Waals surface area contributed by atoms with Gasteiger partial charge in [-0.25, -0.2) is 0 Å². The van der Waals surface area contributed by atoms with Gasteiger partial charge in [0.2, 0.25) is 11.8 Å². The van der Waals surface area contributed by atoms with Crippen LogP contribution in [0.1, 0.15) is 37.7 Å². The van der Waals surface area contributed by atoms with Crippen molar-refractivity contribution in [3.63, 3.8) is 0 Å². The second-order valence-electron chi connectivity index (χ2n) is 7.19. The largest absolute Gasteiger partial charge is 0.326 e. The van der Waals surface area contributed by atoms with E-state index in [2.05, 4.69) is 10.6 Å². The summed E-state index contributed by atoms with van der Waals surface area (Å²) in [4.78, 5) is 24.8. The number of amides is 2. The molecule has 1 aliphatic carbocycles. The fourth-order valence-corrected chi connectivity index (χ4v) is 3.48. The fraction of sp³-hybridized carbons (Fsp3) is 0.364. The van der Waals surface area contributed by atoms with Crippen LogP contribution in [0, 0.1) is 5.92 Å². The molecule has 142 valence electrons. The molecule has 2 aromatic rings. The summed E-state index contributed by atoms with van der Waals surface area (Å²) in [6, 6.07) is 16.3. The number of hydrogen-bond donors (Lipinski definition) is 3. The van der Waals surface area contributed by atoms with E-state index in [1.807, 2.05) is 42.5 Å². The number of hydrogen-bond acceptors (Lipinski definition) is 3. The molecule has 0 aliphatic heterocycles. The first kappa shape index (κ1) is 19.1. The quantitative estimate of drug-likeness (QED) is 0.729. The lowest BCUT2D eigenvalue weighted by molar-refractivity contribution is -0.120. The van der Waals surface area contributed by atoms with E-state index in [0.29, 0.717) is 17.8 Å². The Kier molecular flexibility index (Phi) is 6.60. The van der Waals surface area contributed by atoms with Gasteiger partial charge in [-0.15, -0.1) is 0 Å². The van der Waals surface area contributed by atoms with Crippen molar-refractivity contribution >= 4 is 23.2 Å². The average molecular weight is 365 g/mol. The summed E-state index contributed by atoms with van der Waals surface area (Å²) in [5, 5.41) is 5.81. The second-order valence-corrected chi connectivity index (χ2v) is 7.19. The first-order valence-electron chi connectivity index (χ1n) is 9.63. The summed E-state index contributed by atoms with van der Waals surface area (Å²) >= 11 is 0. The molecule has 2 amide bonds. The minimum Gasteiger partial charge on any atom is -0.326 e. The molecule has 0 unspecified atom stereocenters. The Morgan fingerprint density at radius 2 is 1.59 bits per heavy atom. The van der Waals surface area contributed by atoms with Crippen LogP contribution in [0.25, 0.3) is 0 Å². The predicted octanol–water partition coefficient (Wildman–Crippen LogP) is 3.71. The van der Waals surface area contributed by atoms with Crippen LogP contribution in [0.4, 0.5) is 11.4 Å². The molecule has 0 aromatic heterocycles. The summed E-state index contributed by atoms with van der Waals surface area (Å²) in [6.07, 6.45) is 5.84.